The summed E-state index contributed by atoms with van der Waals surface area (Å²) in [5, 5.41) is 0. The molecule has 1 heterocycles. The number of nitrogens with zero attached hydrogens (tertiary/aromatic N) is 1. The summed E-state index contributed by atoms with van der Waals surface area (Å²) in [4.78, 5) is 14.5. The molecule has 0 amide bonds. The van der Waals surface area contributed by atoms with Crippen molar-refractivity contribution in [2.75, 3.05) is 6.61 Å². The molecule has 0 spiro atoms. The monoisotopic (exact) mass is 215 g/mol. The van der Waals surface area contributed by atoms with E-state index >= 15 is 0 Å². The van der Waals surface area contributed by atoms with Gasteiger partial charge in [0, 0.05) is 6.20 Å². The minimum atomic E-state index is -3.68. The fourth-order valence-electron chi connectivity index (χ4n) is 1.13. The lowest BCUT2D eigenvalue weighted by molar-refractivity contribution is -0.173. The Morgan fingerprint density at radius 1 is 1.60 bits per heavy atom. The van der Waals surface area contributed by atoms with Crippen molar-refractivity contribution in [2.45, 2.75) is 19.8 Å². The number of hydrogen-bond acceptors (Lipinski definition) is 3. The molecule has 0 fully saturated rings. The predicted molar refractivity (Wildman–Crippen MR) is 49.5 cm³/mol. The Hall–Kier alpha value is -1.52. The minimum absolute atomic E-state index is 0.0830. The molecule has 3 nitrogen and oxygen atoms in total. The van der Waals surface area contributed by atoms with Gasteiger partial charge in [0.1, 0.15) is 5.69 Å². The second kappa shape index (κ2) is 4.33. The average molecular weight is 215 g/mol. The summed E-state index contributed by atoms with van der Waals surface area (Å²) in [5.41, 5.74) is -0.293. The molecular formula is C10H11F2NO2. The molecule has 0 unspecified atom stereocenters. The maximum Gasteiger partial charge on any atom is 0.384 e. The van der Waals surface area contributed by atoms with Gasteiger partial charge < -0.3 is 4.74 Å². The molecule has 0 saturated carbocycles. The van der Waals surface area contributed by atoms with E-state index in [1.54, 1.807) is 0 Å². The van der Waals surface area contributed by atoms with E-state index < -0.39 is 17.6 Å². The van der Waals surface area contributed by atoms with Crippen LogP contribution in [0.15, 0.2) is 18.3 Å². The second-order valence-corrected chi connectivity index (χ2v) is 2.96. The first-order chi connectivity index (χ1) is 7.00. The molecule has 15 heavy (non-hydrogen) atoms. The van der Waals surface area contributed by atoms with Crippen LogP contribution >= 0.6 is 0 Å². The lowest BCUT2D eigenvalue weighted by Crippen LogP contribution is -2.30. The van der Waals surface area contributed by atoms with Crippen LogP contribution in [-0.4, -0.2) is 17.6 Å². The van der Waals surface area contributed by atoms with Gasteiger partial charge in [0.25, 0.3) is 0 Å². The van der Waals surface area contributed by atoms with E-state index in [9.17, 15) is 13.6 Å². The Morgan fingerprint density at radius 3 is 2.80 bits per heavy atom. The number of carbonyl (C=O) groups excluding carboxylic acids is 1. The van der Waals surface area contributed by atoms with Crippen LogP contribution in [0.2, 0.25) is 0 Å². The number of carbonyl (C=O) groups is 1. The van der Waals surface area contributed by atoms with Gasteiger partial charge in [0.2, 0.25) is 0 Å². The predicted octanol–water partition coefficient (Wildman–Crippen LogP) is 2.04. The Labute approximate surface area is 86.1 Å². The van der Waals surface area contributed by atoms with E-state index in [0.29, 0.717) is 0 Å². The van der Waals surface area contributed by atoms with E-state index in [1.165, 1.54) is 32.2 Å². The fourth-order valence-corrected chi connectivity index (χ4v) is 1.13. The third-order valence-corrected chi connectivity index (χ3v) is 1.84. The molecule has 0 radical (unpaired) electrons. The number of pyridine rings is 1. The number of alkyl halides is 2. The standard InChI is InChI=1S/C10H11F2NO2/c1-3-15-9(14)10(11,12)8-7(2)5-4-6-13-8/h4-6H,3H2,1-2H3. The summed E-state index contributed by atoms with van der Waals surface area (Å²) in [6.45, 7) is 2.86. The van der Waals surface area contributed by atoms with E-state index in [1.807, 2.05) is 0 Å². The lowest BCUT2D eigenvalue weighted by Gasteiger charge is -2.15. The number of esters is 1. The van der Waals surface area contributed by atoms with Gasteiger partial charge in [-0.2, -0.15) is 8.78 Å². The van der Waals surface area contributed by atoms with Crippen molar-refractivity contribution in [1.82, 2.24) is 4.98 Å². The summed E-state index contributed by atoms with van der Waals surface area (Å²) in [6.07, 6.45) is 1.22. The van der Waals surface area contributed by atoms with Crippen LogP contribution in [0.5, 0.6) is 0 Å². The Balaban J connectivity index is 3.05. The van der Waals surface area contributed by atoms with Gasteiger partial charge in [-0.3, -0.25) is 4.98 Å². The van der Waals surface area contributed by atoms with Gasteiger partial charge in [-0.25, -0.2) is 4.79 Å². The normalized spacial score (nSPS) is 11.2. The average Bonchev–Trinajstić information content (AvgIpc) is 2.18. The van der Waals surface area contributed by atoms with Crippen molar-refractivity contribution in [3.63, 3.8) is 0 Å². The van der Waals surface area contributed by atoms with Crippen molar-refractivity contribution >= 4 is 5.97 Å². The third kappa shape index (κ3) is 2.29. The van der Waals surface area contributed by atoms with Crippen LogP contribution in [0.25, 0.3) is 0 Å². The molecule has 0 saturated heterocycles. The van der Waals surface area contributed by atoms with Crippen LogP contribution in [0, 0.1) is 6.92 Å². The number of rotatable bonds is 3. The number of aromatic nitrogens is 1. The molecule has 1 aromatic heterocycles. The summed E-state index contributed by atoms with van der Waals surface area (Å²) < 4.78 is 31.2. The first kappa shape index (κ1) is 11.6. The highest BCUT2D eigenvalue weighted by Gasteiger charge is 2.45. The van der Waals surface area contributed by atoms with E-state index in [-0.39, 0.29) is 12.2 Å². The van der Waals surface area contributed by atoms with Gasteiger partial charge in [-0.1, -0.05) is 6.07 Å². The van der Waals surface area contributed by atoms with Crippen LogP contribution in [0.4, 0.5) is 8.78 Å². The van der Waals surface area contributed by atoms with Crippen molar-refractivity contribution in [3.05, 3.63) is 29.6 Å². The van der Waals surface area contributed by atoms with Crippen molar-refractivity contribution in [1.29, 1.82) is 0 Å². The largest absolute Gasteiger partial charge is 0.461 e. The molecule has 0 atom stereocenters. The smallest absolute Gasteiger partial charge is 0.384 e. The molecule has 0 aromatic carbocycles. The van der Waals surface area contributed by atoms with Crippen LogP contribution in [0.1, 0.15) is 18.2 Å². The molecule has 82 valence electrons. The molecule has 0 aliphatic carbocycles. The Bertz CT molecular complexity index is 366. The summed E-state index contributed by atoms with van der Waals surface area (Å²) in [5.74, 6) is -5.24. The van der Waals surface area contributed by atoms with E-state index in [4.69, 9.17) is 0 Å². The van der Waals surface area contributed by atoms with Gasteiger partial charge in [0.05, 0.1) is 6.61 Å². The van der Waals surface area contributed by atoms with Gasteiger partial charge in [-0.05, 0) is 25.5 Å². The van der Waals surface area contributed by atoms with Crippen molar-refractivity contribution in [3.8, 4) is 0 Å². The SMILES string of the molecule is CCOC(=O)C(F)(F)c1ncccc1C. The molecule has 5 heteroatoms. The highest BCUT2D eigenvalue weighted by atomic mass is 19.3. The Kier molecular flexibility index (Phi) is 3.34. The van der Waals surface area contributed by atoms with Crippen molar-refractivity contribution in [2.24, 2.45) is 0 Å². The maximum absolute atomic E-state index is 13.5. The molecule has 1 rings (SSSR count). The van der Waals surface area contributed by atoms with E-state index in [0.717, 1.165) is 0 Å². The topological polar surface area (TPSA) is 39.2 Å². The highest BCUT2D eigenvalue weighted by Crippen LogP contribution is 2.29. The second-order valence-electron chi connectivity index (χ2n) is 2.96. The van der Waals surface area contributed by atoms with Crippen LogP contribution in [0.3, 0.4) is 0 Å². The lowest BCUT2D eigenvalue weighted by atomic mass is 10.1. The van der Waals surface area contributed by atoms with Crippen LogP contribution in [-0.2, 0) is 15.5 Å². The molecular weight excluding hydrogens is 204 g/mol. The van der Waals surface area contributed by atoms with Crippen molar-refractivity contribution < 1.29 is 18.3 Å². The fraction of sp³-hybridized carbons (Fsp3) is 0.400. The first-order valence-corrected chi connectivity index (χ1v) is 4.47. The molecule has 1 aromatic rings. The summed E-state index contributed by atoms with van der Waals surface area (Å²) in [7, 11) is 0. The zero-order valence-electron chi connectivity index (χ0n) is 8.46. The number of hydrogen-bond donors (Lipinski definition) is 0. The van der Waals surface area contributed by atoms with Gasteiger partial charge in [0.15, 0.2) is 0 Å². The number of aryl methyl sites for hydroxylation is 1. The van der Waals surface area contributed by atoms with Gasteiger partial charge in [-0.15, -0.1) is 0 Å². The van der Waals surface area contributed by atoms with Crippen LogP contribution < -0.4 is 0 Å². The summed E-state index contributed by atoms with van der Waals surface area (Å²) in [6, 6.07) is 3.00. The Morgan fingerprint density at radius 2 is 2.27 bits per heavy atom. The zero-order chi connectivity index (χ0) is 11.5. The first-order valence-electron chi connectivity index (χ1n) is 4.47. The number of halogens is 2. The third-order valence-electron chi connectivity index (χ3n) is 1.84. The maximum atomic E-state index is 13.5. The van der Waals surface area contributed by atoms with E-state index in [2.05, 4.69) is 9.72 Å². The van der Waals surface area contributed by atoms with Gasteiger partial charge >= 0.3 is 11.9 Å². The number of ether oxygens (including phenoxy) is 1. The summed E-state index contributed by atoms with van der Waals surface area (Å²) >= 11 is 0. The highest BCUT2D eigenvalue weighted by molar-refractivity contribution is 5.79. The molecule has 0 N–H and O–H groups in total. The molecule has 0 aliphatic heterocycles. The quantitative estimate of drug-likeness (QED) is 0.724. The zero-order valence-corrected chi connectivity index (χ0v) is 8.46. The molecule has 0 aliphatic rings. The molecule has 0 bridgehead atoms. The minimum Gasteiger partial charge on any atom is -0.461 e.